The summed E-state index contributed by atoms with van der Waals surface area (Å²) in [5.74, 6) is 0. The van der Waals surface area contributed by atoms with Crippen LogP contribution in [0.25, 0.3) is 0 Å². The number of nitrogens with zero attached hydrogens (tertiary/aromatic N) is 4. The predicted octanol–water partition coefficient (Wildman–Crippen LogP) is 0.728. The van der Waals surface area contributed by atoms with Crippen LogP contribution >= 0.6 is 0 Å². The van der Waals surface area contributed by atoms with E-state index in [1.807, 2.05) is 28.8 Å². The van der Waals surface area contributed by atoms with E-state index in [0.717, 1.165) is 25.1 Å². The van der Waals surface area contributed by atoms with E-state index in [1.165, 1.54) is 11.3 Å². The van der Waals surface area contributed by atoms with Crippen LogP contribution in [0.2, 0.25) is 0 Å². The van der Waals surface area contributed by atoms with Crippen LogP contribution in [0, 0.1) is 0 Å². The maximum Gasteiger partial charge on any atom is 0.0828 e. The van der Waals surface area contributed by atoms with Gasteiger partial charge in [-0.3, -0.25) is 9.36 Å². The molecule has 0 aliphatic rings. The molecule has 2 rings (SSSR count). The van der Waals surface area contributed by atoms with Crippen molar-refractivity contribution in [2.75, 3.05) is 6.54 Å². The van der Waals surface area contributed by atoms with Crippen molar-refractivity contribution < 1.29 is 0 Å². The van der Waals surface area contributed by atoms with Crippen LogP contribution in [0.4, 0.5) is 0 Å². The zero-order valence-electron chi connectivity index (χ0n) is 10.4. The number of hydrogen-bond acceptors (Lipinski definition) is 3. The summed E-state index contributed by atoms with van der Waals surface area (Å²) in [6.07, 6.45) is 5.77. The topological polar surface area (TPSA) is 61.7 Å². The Bertz CT molecular complexity index is 483. The minimum Gasteiger partial charge on any atom is -0.330 e. The molecule has 0 saturated heterocycles. The van der Waals surface area contributed by atoms with Crippen molar-refractivity contribution in [1.29, 1.82) is 0 Å². The Kier molecular flexibility index (Phi) is 3.58. The molecule has 0 unspecified atom stereocenters. The average molecular weight is 233 g/mol. The van der Waals surface area contributed by atoms with E-state index >= 15 is 0 Å². The van der Waals surface area contributed by atoms with E-state index < -0.39 is 0 Å². The lowest BCUT2D eigenvalue weighted by Crippen LogP contribution is -2.06. The number of hydrogen-bond donors (Lipinski definition) is 1. The van der Waals surface area contributed by atoms with Crippen molar-refractivity contribution in [2.45, 2.75) is 26.3 Å². The first-order valence-electron chi connectivity index (χ1n) is 5.96. The highest BCUT2D eigenvalue weighted by molar-refractivity contribution is 5.12. The van der Waals surface area contributed by atoms with Gasteiger partial charge in [0.1, 0.15) is 0 Å². The largest absolute Gasteiger partial charge is 0.330 e. The van der Waals surface area contributed by atoms with Gasteiger partial charge in [-0.05, 0) is 31.0 Å². The summed E-state index contributed by atoms with van der Waals surface area (Å²) in [7, 11) is 1.97. The molecule has 92 valence electrons. The number of rotatable bonds is 5. The first-order valence-corrected chi connectivity index (χ1v) is 5.96. The van der Waals surface area contributed by atoms with Crippen molar-refractivity contribution in [3.8, 4) is 0 Å². The Morgan fingerprint density at radius 3 is 2.88 bits per heavy atom. The lowest BCUT2D eigenvalue weighted by atomic mass is 10.2. The highest BCUT2D eigenvalue weighted by atomic mass is 15.3. The Morgan fingerprint density at radius 1 is 1.41 bits per heavy atom. The quantitative estimate of drug-likeness (QED) is 0.828. The highest BCUT2D eigenvalue weighted by Crippen LogP contribution is 2.07. The summed E-state index contributed by atoms with van der Waals surface area (Å²) >= 11 is 0. The molecule has 0 fully saturated rings. The number of aromatic nitrogens is 4. The molecule has 2 heterocycles. The standard InChI is InChI=1S/C12H19N5/c1-3-11-6-12(16(2)15-11)9-17-8-10(4-5-13)7-14-17/h6-8H,3-5,9,13H2,1-2H3. The van der Waals surface area contributed by atoms with Crippen molar-refractivity contribution in [3.05, 3.63) is 35.4 Å². The van der Waals surface area contributed by atoms with Gasteiger partial charge in [-0.2, -0.15) is 10.2 Å². The monoisotopic (exact) mass is 233 g/mol. The zero-order valence-corrected chi connectivity index (χ0v) is 10.4. The summed E-state index contributed by atoms with van der Waals surface area (Å²) in [4.78, 5) is 0. The van der Waals surface area contributed by atoms with Crippen molar-refractivity contribution in [1.82, 2.24) is 19.6 Å². The minimum absolute atomic E-state index is 0.664. The van der Waals surface area contributed by atoms with Crippen LogP contribution in [0.3, 0.4) is 0 Å². The fraction of sp³-hybridized carbons (Fsp3) is 0.500. The third-order valence-corrected chi connectivity index (χ3v) is 2.83. The Labute approximate surface area is 101 Å². The van der Waals surface area contributed by atoms with E-state index in [0.29, 0.717) is 6.54 Å². The Balaban J connectivity index is 2.10. The van der Waals surface area contributed by atoms with Gasteiger partial charge >= 0.3 is 0 Å². The summed E-state index contributed by atoms with van der Waals surface area (Å²) in [5.41, 5.74) is 8.99. The van der Waals surface area contributed by atoms with Crippen LogP contribution in [-0.4, -0.2) is 26.1 Å². The fourth-order valence-corrected chi connectivity index (χ4v) is 1.85. The molecule has 17 heavy (non-hydrogen) atoms. The van der Waals surface area contributed by atoms with E-state index in [4.69, 9.17) is 5.73 Å². The molecule has 0 aliphatic heterocycles. The molecule has 0 bridgehead atoms. The van der Waals surface area contributed by atoms with Crippen LogP contribution in [0.15, 0.2) is 18.5 Å². The van der Waals surface area contributed by atoms with Crippen molar-refractivity contribution in [2.24, 2.45) is 12.8 Å². The van der Waals surface area contributed by atoms with Crippen molar-refractivity contribution in [3.63, 3.8) is 0 Å². The Hall–Kier alpha value is -1.62. The van der Waals surface area contributed by atoms with Gasteiger partial charge in [0, 0.05) is 13.2 Å². The number of nitrogens with two attached hydrogens (primary N) is 1. The van der Waals surface area contributed by atoms with Gasteiger partial charge in [0.25, 0.3) is 0 Å². The molecule has 5 nitrogen and oxygen atoms in total. The summed E-state index contributed by atoms with van der Waals surface area (Å²) in [5, 5.41) is 8.75. The normalized spacial score (nSPS) is 11.0. The summed E-state index contributed by atoms with van der Waals surface area (Å²) < 4.78 is 3.85. The fourth-order valence-electron chi connectivity index (χ4n) is 1.85. The van der Waals surface area contributed by atoms with Gasteiger partial charge in [0.15, 0.2) is 0 Å². The first kappa shape index (κ1) is 11.9. The van der Waals surface area contributed by atoms with Crippen molar-refractivity contribution >= 4 is 0 Å². The summed E-state index contributed by atoms with van der Waals surface area (Å²) in [6.45, 7) is 3.53. The van der Waals surface area contributed by atoms with Gasteiger partial charge < -0.3 is 5.73 Å². The smallest absolute Gasteiger partial charge is 0.0828 e. The van der Waals surface area contributed by atoms with Gasteiger partial charge in [-0.1, -0.05) is 6.92 Å². The second-order valence-electron chi connectivity index (χ2n) is 4.19. The maximum atomic E-state index is 5.52. The molecular formula is C12H19N5. The van der Waals surface area contributed by atoms with E-state index in [2.05, 4.69) is 23.2 Å². The molecule has 2 N–H and O–H groups in total. The SMILES string of the molecule is CCc1cc(Cn2cc(CCN)cn2)n(C)n1. The second-order valence-corrected chi connectivity index (χ2v) is 4.19. The molecular weight excluding hydrogens is 214 g/mol. The predicted molar refractivity (Wildman–Crippen MR) is 66.7 cm³/mol. The molecule has 5 heteroatoms. The van der Waals surface area contributed by atoms with Crippen LogP contribution < -0.4 is 5.73 Å². The van der Waals surface area contributed by atoms with Crippen LogP contribution in [-0.2, 0) is 26.4 Å². The molecule has 0 aromatic carbocycles. The van der Waals surface area contributed by atoms with Gasteiger partial charge in [0.2, 0.25) is 0 Å². The lowest BCUT2D eigenvalue weighted by Gasteiger charge is -2.01. The molecule has 2 aromatic heterocycles. The number of aryl methyl sites for hydroxylation is 2. The molecule has 0 saturated carbocycles. The second kappa shape index (κ2) is 5.14. The zero-order chi connectivity index (χ0) is 12.3. The highest BCUT2D eigenvalue weighted by Gasteiger charge is 2.05. The van der Waals surface area contributed by atoms with E-state index in [-0.39, 0.29) is 0 Å². The molecule has 0 spiro atoms. The van der Waals surface area contributed by atoms with Gasteiger partial charge in [0.05, 0.1) is 24.1 Å². The van der Waals surface area contributed by atoms with E-state index in [1.54, 1.807) is 0 Å². The average Bonchev–Trinajstić information content (AvgIpc) is 2.88. The third kappa shape index (κ3) is 2.74. The molecule has 0 radical (unpaired) electrons. The molecule has 0 aliphatic carbocycles. The lowest BCUT2D eigenvalue weighted by molar-refractivity contribution is 0.617. The molecule has 0 amide bonds. The third-order valence-electron chi connectivity index (χ3n) is 2.83. The molecule has 0 atom stereocenters. The first-order chi connectivity index (χ1) is 8.22. The van der Waals surface area contributed by atoms with Crippen LogP contribution in [0.1, 0.15) is 23.9 Å². The van der Waals surface area contributed by atoms with E-state index in [9.17, 15) is 0 Å². The molecule has 2 aromatic rings. The van der Waals surface area contributed by atoms with Gasteiger partial charge in [-0.15, -0.1) is 0 Å². The van der Waals surface area contributed by atoms with Gasteiger partial charge in [-0.25, -0.2) is 0 Å². The van der Waals surface area contributed by atoms with Crippen LogP contribution in [0.5, 0.6) is 0 Å². The summed E-state index contributed by atoms with van der Waals surface area (Å²) in [6, 6.07) is 2.13. The Morgan fingerprint density at radius 2 is 2.24 bits per heavy atom. The maximum absolute atomic E-state index is 5.52. The minimum atomic E-state index is 0.664.